The molecule has 4 atom stereocenters. The summed E-state index contributed by atoms with van der Waals surface area (Å²) in [5.74, 6) is 1.51. The number of aliphatic hydroxyl groups is 1. The van der Waals surface area contributed by atoms with E-state index in [1.54, 1.807) is 30.5 Å². The summed E-state index contributed by atoms with van der Waals surface area (Å²) in [6.07, 6.45) is 2.07. The van der Waals surface area contributed by atoms with Crippen molar-refractivity contribution >= 4 is 17.5 Å². The molecule has 2 heterocycles. The van der Waals surface area contributed by atoms with Gasteiger partial charge in [0.05, 0.1) is 12.7 Å². The molecular weight excluding hydrogens is 392 g/mol. The van der Waals surface area contributed by atoms with E-state index < -0.39 is 6.10 Å². The van der Waals surface area contributed by atoms with E-state index in [4.69, 9.17) is 21.1 Å². The van der Waals surface area contributed by atoms with Gasteiger partial charge in [0, 0.05) is 24.3 Å². The quantitative estimate of drug-likeness (QED) is 0.808. The maximum Gasteiger partial charge on any atom is 0.259 e. The van der Waals surface area contributed by atoms with Crippen LogP contribution in [0.15, 0.2) is 42.6 Å². The van der Waals surface area contributed by atoms with Crippen LogP contribution in [0.4, 0.5) is 0 Å². The molecule has 6 nitrogen and oxygen atoms in total. The summed E-state index contributed by atoms with van der Waals surface area (Å²) in [6.45, 7) is 3.60. The zero-order valence-corrected chi connectivity index (χ0v) is 17.1. The minimum atomic E-state index is -0.567. The summed E-state index contributed by atoms with van der Waals surface area (Å²) >= 11 is 6.03. The van der Waals surface area contributed by atoms with Crippen molar-refractivity contribution in [3.63, 3.8) is 0 Å². The van der Waals surface area contributed by atoms with Crippen molar-refractivity contribution in [1.82, 2.24) is 9.88 Å². The Hall–Kier alpha value is -2.31. The van der Waals surface area contributed by atoms with Gasteiger partial charge in [-0.25, -0.2) is 4.98 Å². The first-order chi connectivity index (χ1) is 14.0. The average Bonchev–Trinajstić information content (AvgIpc) is 3.11. The molecule has 0 bridgehead atoms. The van der Waals surface area contributed by atoms with E-state index in [9.17, 15) is 9.90 Å². The van der Waals surface area contributed by atoms with Crippen molar-refractivity contribution in [2.24, 2.45) is 11.8 Å². The van der Waals surface area contributed by atoms with Gasteiger partial charge in [-0.05, 0) is 61.9 Å². The first-order valence-corrected chi connectivity index (χ1v) is 10.4. The van der Waals surface area contributed by atoms with E-state index in [2.05, 4.69) is 4.98 Å². The maximum atomic E-state index is 13.1. The molecule has 1 amide bonds. The summed E-state index contributed by atoms with van der Waals surface area (Å²) in [7, 11) is 0. The van der Waals surface area contributed by atoms with E-state index in [1.165, 1.54) is 0 Å². The van der Waals surface area contributed by atoms with Crippen molar-refractivity contribution in [3.05, 3.63) is 53.2 Å². The Labute approximate surface area is 175 Å². The number of aromatic nitrogens is 1. The van der Waals surface area contributed by atoms with Crippen LogP contribution in [0.25, 0.3) is 0 Å². The van der Waals surface area contributed by atoms with Gasteiger partial charge in [-0.3, -0.25) is 4.79 Å². The molecule has 2 fully saturated rings. The van der Waals surface area contributed by atoms with Gasteiger partial charge in [0.25, 0.3) is 5.91 Å². The zero-order valence-electron chi connectivity index (χ0n) is 16.3. The molecule has 1 aromatic carbocycles. The van der Waals surface area contributed by atoms with E-state index in [0.717, 1.165) is 0 Å². The zero-order chi connectivity index (χ0) is 20.4. The molecule has 29 heavy (non-hydrogen) atoms. The van der Waals surface area contributed by atoms with E-state index >= 15 is 0 Å². The molecule has 2 aliphatic rings. The van der Waals surface area contributed by atoms with Gasteiger partial charge in [0.2, 0.25) is 5.88 Å². The third-order valence-corrected chi connectivity index (χ3v) is 5.97. The average molecular weight is 417 g/mol. The number of amides is 1. The maximum absolute atomic E-state index is 13.1. The lowest BCUT2D eigenvalue weighted by molar-refractivity contribution is -0.0231. The lowest BCUT2D eigenvalue weighted by atomic mass is 9.78. The normalized spacial score (nSPS) is 26.1. The second-order valence-corrected chi connectivity index (χ2v) is 8.11. The van der Waals surface area contributed by atoms with Crippen LogP contribution in [0, 0.1) is 11.8 Å². The number of nitrogens with zero attached hydrogens (tertiary/aromatic N) is 2. The second kappa shape index (κ2) is 8.59. The summed E-state index contributed by atoms with van der Waals surface area (Å²) in [5, 5.41) is 11.2. The molecule has 1 saturated heterocycles. The number of pyridine rings is 1. The summed E-state index contributed by atoms with van der Waals surface area (Å²) < 4.78 is 11.5. The van der Waals surface area contributed by atoms with Crippen LogP contribution in [-0.2, 0) is 0 Å². The van der Waals surface area contributed by atoms with Crippen molar-refractivity contribution < 1.29 is 19.4 Å². The largest absolute Gasteiger partial charge is 0.488 e. The van der Waals surface area contributed by atoms with Crippen LogP contribution in [-0.4, -0.2) is 52.8 Å². The fourth-order valence-corrected chi connectivity index (χ4v) is 4.55. The Morgan fingerprint density at radius 2 is 2.03 bits per heavy atom. The van der Waals surface area contributed by atoms with Gasteiger partial charge < -0.3 is 19.5 Å². The van der Waals surface area contributed by atoms with Gasteiger partial charge in [-0.2, -0.15) is 0 Å². The van der Waals surface area contributed by atoms with Crippen LogP contribution in [0.2, 0.25) is 5.02 Å². The minimum Gasteiger partial charge on any atom is -0.488 e. The molecule has 1 N–H and O–H groups in total. The smallest absolute Gasteiger partial charge is 0.259 e. The molecule has 1 aliphatic carbocycles. The number of fused-ring (bicyclic) bond motifs is 1. The fraction of sp³-hybridized carbons (Fsp3) is 0.455. The molecule has 7 heteroatoms. The number of carbonyl (C=O) groups is 1. The Morgan fingerprint density at radius 1 is 1.24 bits per heavy atom. The molecule has 4 rings (SSSR count). The number of halogens is 1. The molecule has 1 aliphatic heterocycles. The number of benzene rings is 1. The Balaban J connectivity index is 1.44. The third kappa shape index (κ3) is 4.33. The molecule has 0 radical (unpaired) electrons. The van der Waals surface area contributed by atoms with E-state index in [-0.39, 0.29) is 17.9 Å². The highest BCUT2D eigenvalue weighted by molar-refractivity contribution is 6.30. The molecular formula is C22H25ClN2O4. The summed E-state index contributed by atoms with van der Waals surface area (Å²) in [5.41, 5.74) is 0.486. The molecule has 1 saturated carbocycles. The number of ether oxygens (including phenoxy) is 2. The number of hydrogen-bond acceptors (Lipinski definition) is 5. The highest BCUT2D eigenvalue weighted by Crippen LogP contribution is 2.39. The van der Waals surface area contributed by atoms with Crippen molar-refractivity contribution in [3.8, 4) is 11.6 Å². The minimum absolute atomic E-state index is 0.0715. The second-order valence-electron chi connectivity index (χ2n) is 7.67. The molecule has 154 valence electrons. The number of hydrogen-bond donors (Lipinski definition) is 1. The Morgan fingerprint density at radius 3 is 2.79 bits per heavy atom. The van der Waals surface area contributed by atoms with Crippen LogP contribution in [0.5, 0.6) is 11.6 Å². The molecule has 0 spiro atoms. The highest BCUT2D eigenvalue weighted by atomic mass is 35.5. The van der Waals surface area contributed by atoms with Gasteiger partial charge in [-0.1, -0.05) is 17.7 Å². The van der Waals surface area contributed by atoms with E-state index in [1.807, 2.05) is 24.0 Å². The number of likely N-dealkylation sites (tertiary alicyclic amines) is 1. The molecule has 1 aromatic heterocycles. The summed E-state index contributed by atoms with van der Waals surface area (Å²) in [6, 6.07) is 10.7. The lowest BCUT2D eigenvalue weighted by Gasteiger charge is -2.35. The fourth-order valence-electron chi connectivity index (χ4n) is 4.37. The number of carbonyl (C=O) groups excluding carboxylic acids is 1. The number of aliphatic hydroxyl groups excluding tert-OH is 1. The van der Waals surface area contributed by atoms with Gasteiger partial charge in [0.15, 0.2) is 0 Å². The standard InChI is InChI=1S/C22H25ClN2O4/c1-2-28-21-18(7-4-8-24-21)22(27)25-12-14-9-19(26)20(10-15(14)13-25)29-17-6-3-5-16(23)11-17/h3-8,11,14-15,19-20,26H,2,9-10,12-13H2,1H3/t14-,15+,19+,20+/m0/s1. The predicted molar refractivity (Wildman–Crippen MR) is 109 cm³/mol. The SMILES string of the molecule is CCOc1ncccc1C(=O)N1C[C@H]2C[C@@H](Oc3cccc(Cl)c3)[C@H](O)C[C@H]2C1. The van der Waals surface area contributed by atoms with Crippen molar-refractivity contribution in [2.45, 2.75) is 32.0 Å². The first kappa shape index (κ1) is 20.0. The van der Waals surface area contributed by atoms with E-state index in [0.29, 0.717) is 60.7 Å². The Bertz CT molecular complexity index is 877. The third-order valence-electron chi connectivity index (χ3n) is 5.74. The van der Waals surface area contributed by atoms with Crippen LogP contribution >= 0.6 is 11.6 Å². The molecule has 2 aromatic rings. The van der Waals surface area contributed by atoms with Crippen LogP contribution in [0.3, 0.4) is 0 Å². The van der Waals surface area contributed by atoms with Crippen molar-refractivity contribution in [2.75, 3.05) is 19.7 Å². The first-order valence-electron chi connectivity index (χ1n) is 10.0. The van der Waals surface area contributed by atoms with Crippen LogP contribution in [0.1, 0.15) is 30.1 Å². The van der Waals surface area contributed by atoms with Crippen LogP contribution < -0.4 is 9.47 Å². The monoisotopic (exact) mass is 416 g/mol. The topological polar surface area (TPSA) is 71.9 Å². The Kier molecular flexibility index (Phi) is 5.92. The van der Waals surface area contributed by atoms with Gasteiger partial charge in [0.1, 0.15) is 17.4 Å². The van der Waals surface area contributed by atoms with Gasteiger partial charge >= 0.3 is 0 Å². The van der Waals surface area contributed by atoms with Crippen molar-refractivity contribution in [1.29, 1.82) is 0 Å². The highest BCUT2D eigenvalue weighted by Gasteiger charge is 2.44. The number of rotatable bonds is 5. The summed E-state index contributed by atoms with van der Waals surface area (Å²) in [4.78, 5) is 19.1. The van der Waals surface area contributed by atoms with Gasteiger partial charge in [-0.15, -0.1) is 0 Å². The molecule has 0 unspecified atom stereocenters. The predicted octanol–water partition coefficient (Wildman–Crippen LogP) is 3.42. The lowest BCUT2D eigenvalue weighted by Crippen LogP contribution is -2.42.